The molecule has 1 aliphatic rings. The molecule has 33 heavy (non-hydrogen) atoms. The summed E-state index contributed by atoms with van der Waals surface area (Å²) in [5, 5.41) is 7.54. The molecule has 0 unspecified atom stereocenters. The molecule has 1 aliphatic heterocycles. The maximum Gasteiger partial charge on any atom is 0.165 e. The molecule has 0 atom stereocenters. The molecule has 6 heteroatoms. The van der Waals surface area contributed by atoms with E-state index in [1.807, 2.05) is 77.5 Å². The average molecular weight is 471 g/mol. The predicted octanol–water partition coefficient (Wildman–Crippen LogP) is 7.40. The zero-order valence-electron chi connectivity index (χ0n) is 18.0. The second kappa shape index (κ2) is 7.91. The molecule has 0 spiro atoms. The van der Waals surface area contributed by atoms with Crippen LogP contribution in [0.25, 0.3) is 28.0 Å². The Balaban J connectivity index is 1.71. The lowest BCUT2D eigenvalue weighted by Crippen LogP contribution is -2.14. The number of para-hydroxylation sites is 2. The highest BCUT2D eigenvalue weighted by molar-refractivity contribution is 6.33. The third-order valence-corrected chi connectivity index (χ3v) is 6.78. The van der Waals surface area contributed by atoms with E-state index >= 15 is 0 Å². The van der Waals surface area contributed by atoms with E-state index < -0.39 is 0 Å². The van der Waals surface area contributed by atoms with Gasteiger partial charge in [-0.2, -0.15) is 5.10 Å². The van der Waals surface area contributed by atoms with E-state index in [-0.39, 0.29) is 0 Å². The summed E-state index contributed by atoms with van der Waals surface area (Å²) >= 11 is 12.8. The highest BCUT2D eigenvalue weighted by Gasteiger charge is 2.31. The Hall–Kier alpha value is -3.34. The lowest BCUT2D eigenvalue weighted by molar-refractivity contribution is 0.896. The molecule has 0 fully saturated rings. The van der Waals surface area contributed by atoms with E-state index in [0.29, 0.717) is 5.02 Å². The molecular weight excluding hydrogens is 451 g/mol. The minimum Gasteiger partial charge on any atom is -0.339 e. The van der Waals surface area contributed by atoms with E-state index in [1.54, 1.807) is 0 Å². The quantitative estimate of drug-likeness (QED) is 0.275. The molecule has 0 N–H and O–H groups in total. The summed E-state index contributed by atoms with van der Waals surface area (Å²) in [4.78, 5) is 7.36. The number of benzene rings is 3. The molecule has 0 radical (unpaired) electrons. The number of aromatic nitrogens is 3. The number of anilines is 2. The van der Waals surface area contributed by atoms with Crippen LogP contribution in [0, 0.1) is 6.92 Å². The van der Waals surface area contributed by atoms with Crippen LogP contribution in [0.15, 0.2) is 78.9 Å². The fourth-order valence-electron chi connectivity index (χ4n) is 4.68. The largest absolute Gasteiger partial charge is 0.339 e. The average Bonchev–Trinajstić information content (AvgIpc) is 3.43. The zero-order chi connectivity index (χ0) is 22.5. The monoisotopic (exact) mass is 470 g/mol. The Morgan fingerprint density at radius 2 is 1.58 bits per heavy atom. The van der Waals surface area contributed by atoms with Crippen molar-refractivity contribution in [3.05, 3.63) is 100 Å². The summed E-state index contributed by atoms with van der Waals surface area (Å²) in [7, 11) is 0. The lowest BCUT2D eigenvalue weighted by atomic mass is 10.0. The first-order chi connectivity index (χ1) is 16.1. The van der Waals surface area contributed by atoms with Crippen molar-refractivity contribution in [1.29, 1.82) is 0 Å². The molecule has 0 saturated carbocycles. The number of hydrogen-bond acceptors (Lipinski definition) is 3. The minimum absolute atomic E-state index is 0.697. The van der Waals surface area contributed by atoms with Crippen LogP contribution < -0.4 is 4.90 Å². The summed E-state index contributed by atoms with van der Waals surface area (Å²) in [6.07, 6.45) is 0.909. The molecule has 6 rings (SSSR count). The summed E-state index contributed by atoms with van der Waals surface area (Å²) in [6, 6.07) is 26.0. The molecule has 0 saturated heterocycles. The van der Waals surface area contributed by atoms with Crippen molar-refractivity contribution in [1.82, 2.24) is 14.8 Å². The van der Waals surface area contributed by atoms with Crippen LogP contribution in [0.3, 0.4) is 0 Å². The lowest BCUT2D eigenvalue weighted by Gasteiger charge is -2.22. The third-order valence-electron chi connectivity index (χ3n) is 6.21. The van der Waals surface area contributed by atoms with Crippen molar-refractivity contribution < 1.29 is 0 Å². The molecule has 0 amide bonds. The Labute approximate surface area is 202 Å². The van der Waals surface area contributed by atoms with Crippen molar-refractivity contribution >= 4 is 45.6 Å². The number of rotatable bonds is 3. The van der Waals surface area contributed by atoms with Gasteiger partial charge in [0.15, 0.2) is 5.65 Å². The topological polar surface area (TPSA) is 34.0 Å². The molecule has 0 aliphatic carbocycles. The van der Waals surface area contributed by atoms with Gasteiger partial charge in [0.05, 0.1) is 27.5 Å². The van der Waals surface area contributed by atoms with Gasteiger partial charge in [0, 0.05) is 22.8 Å². The van der Waals surface area contributed by atoms with Gasteiger partial charge in [-0.3, -0.25) is 0 Å². The fourth-order valence-corrected chi connectivity index (χ4v) is 5.05. The maximum absolute atomic E-state index is 6.64. The van der Waals surface area contributed by atoms with E-state index in [1.165, 1.54) is 5.56 Å². The molecule has 162 valence electrons. The number of aryl methyl sites for hydroxylation is 1. The van der Waals surface area contributed by atoms with Crippen LogP contribution in [0.1, 0.15) is 11.3 Å². The molecule has 0 bridgehead atoms. The predicted molar refractivity (Wildman–Crippen MR) is 136 cm³/mol. The van der Waals surface area contributed by atoms with Crippen LogP contribution >= 0.6 is 23.2 Å². The highest BCUT2D eigenvalue weighted by atomic mass is 35.5. The van der Waals surface area contributed by atoms with Gasteiger partial charge < -0.3 is 4.90 Å². The van der Waals surface area contributed by atoms with E-state index in [9.17, 15) is 0 Å². The zero-order valence-corrected chi connectivity index (χ0v) is 19.5. The Morgan fingerprint density at radius 1 is 0.848 bits per heavy atom. The third kappa shape index (κ3) is 3.29. The Kier molecular flexibility index (Phi) is 4.86. The van der Waals surface area contributed by atoms with Gasteiger partial charge in [0.2, 0.25) is 0 Å². The van der Waals surface area contributed by atoms with Crippen molar-refractivity contribution in [2.24, 2.45) is 0 Å². The first-order valence-electron chi connectivity index (χ1n) is 10.9. The van der Waals surface area contributed by atoms with Crippen LogP contribution in [-0.2, 0) is 6.42 Å². The molecule has 2 aromatic heterocycles. The van der Waals surface area contributed by atoms with Gasteiger partial charge in [-0.25, -0.2) is 9.67 Å². The molecular formula is C27H20Cl2N4. The van der Waals surface area contributed by atoms with Crippen molar-refractivity contribution in [3.8, 4) is 16.9 Å². The number of pyridine rings is 1. The molecule has 5 aromatic rings. The van der Waals surface area contributed by atoms with Crippen molar-refractivity contribution in [2.45, 2.75) is 13.3 Å². The first-order valence-corrected chi connectivity index (χ1v) is 11.6. The molecule has 3 aromatic carbocycles. The number of hydrogen-bond donors (Lipinski definition) is 0. The summed E-state index contributed by atoms with van der Waals surface area (Å²) in [5.74, 6) is 0. The van der Waals surface area contributed by atoms with Crippen LogP contribution in [0.4, 0.5) is 11.4 Å². The van der Waals surface area contributed by atoms with Gasteiger partial charge in [0.25, 0.3) is 0 Å². The van der Waals surface area contributed by atoms with Gasteiger partial charge in [-0.1, -0.05) is 65.7 Å². The first kappa shape index (κ1) is 20.3. The van der Waals surface area contributed by atoms with E-state index in [4.69, 9.17) is 33.3 Å². The Morgan fingerprint density at radius 3 is 2.33 bits per heavy atom. The molecule has 3 heterocycles. The Bertz CT molecular complexity index is 1490. The standard InChI is InChI=1S/C27H20Cl2N4/c1-17-21-15-16-32(23-10-6-5-9-22(23)29)26(21)24-25(18-11-13-19(28)14-12-18)31-33(27(24)30-17)20-7-3-2-4-8-20/h2-14H,15-16H2,1H3. The van der Waals surface area contributed by atoms with Gasteiger partial charge in [-0.05, 0) is 55.3 Å². The van der Waals surface area contributed by atoms with Gasteiger partial charge in [0.1, 0.15) is 5.69 Å². The SMILES string of the molecule is Cc1nc2c(c(-c3ccc(Cl)cc3)nn2-c2ccccc2)c2c1CCN2c1ccccc1Cl. The minimum atomic E-state index is 0.697. The summed E-state index contributed by atoms with van der Waals surface area (Å²) < 4.78 is 1.94. The summed E-state index contributed by atoms with van der Waals surface area (Å²) in [6.45, 7) is 2.93. The smallest absolute Gasteiger partial charge is 0.165 e. The second-order valence-electron chi connectivity index (χ2n) is 8.18. The van der Waals surface area contributed by atoms with Crippen LogP contribution in [-0.4, -0.2) is 21.3 Å². The van der Waals surface area contributed by atoms with Crippen LogP contribution in [0.2, 0.25) is 10.0 Å². The van der Waals surface area contributed by atoms with Crippen molar-refractivity contribution in [2.75, 3.05) is 11.4 Å². The number of nitrogens with zero attached hydrogens (tertiary/aromatic N) is 4. The highest BCUT2D eigenvalue weighted by Crippen LogP contribution is 2.46. The van der Waals surface area contributed by atoms with Gasteiger partial charge >= 0.3 is 0 Å². The van der Waals surface area contributed by atoms with E-state index in [0.717, 1.165) is 63.0 Å². The van der Waals surface area contributed by atoms with Gasteiger partial charge in [-0.15, -0.1) is 0 Å². The van der Waals surface area contributed by atoms with Crippen molar-refractivity contribution in [3.63, 3.8) is 0 Å². The summed E-state index contributed by atoms with van der Waals surface area (Å²) in [5.41, 5.74) is 8.08. The second-order valence-corrected chi connectivity index (χ2v) is 9.02. The fraction of sp³-hybridized carbons (Fsp3) is 0.111. The number of fused-ring (bicyclic) bond motifs is 3. The van der Waals surface area contributed by atoms with E-state index in [2.05, 4.69) is 17.9 Å². The normalized spacial score (nSPS) is 13.0. The molecule has 4 nitrogen and oxygen atoms in total. The maximum atomic E-state index is 6.64. The van der Waals surface area contributed by atoms with Crippen LogP contribution in [0.5, 0.6) is 0 Å². The number of halogens is 2.